The molecule has 0 amide bonds. The fourth-order valence-corrected chi connectivity index (χ4v) is 1.50. The average Bonchev–Trinajstić information content (AvgIpc) is 2.28. The summed E-state index contributed by atoms with van der Waals surface area (Å²) in [5, 5.41) is 2.75. The van der Waals surface area contributed by atoms with Crippen LogP contribution in [-0.2, 0) is 0 Å². The molecule has 0 spiro atoms. The van der Waals surface area contributed by atoms with Gasteiger partial charge in [0.25, 0.3) is 5.56 Å². The second-order valence-corrected chi connectivity index (χ2v) is 3.96. The Morgan fingerprint density at radius 2 is 2.12 bits per heavy atom. The van der Waals surface area contributed by atoms with Crippen LogP contribution in [0.4, 0.5) is 15.9 Å². The molecule has 1 aromatic heterocycles. The van der Waals surface area contributed by atoms with Crippen LogP contribution >= 0.6 is 23.2 Å². The highest BCUT2D eigenvalue weighted by Crippen LogP contribution is 2.23. The van der Waals surface area contributed by atoms with Crippen LogP contribution in [0.15, 0.2) is 29.3 Å². The van der Waals surface area contributed by atoms with Crippen LogP contribution < -0.4 is 10.9 Å². The van der Waals surface area contributed by atoms with E-state index >= 15 is 0 Å². The number of benzene rings is 1. The Bertz CT molecular complexity index is 615. The number of nitrogens with one attached hydrogen (secondary N) is 2. The second kappa shape index (κ2) is 4.73. The topological polar surface area (TPSA) is 57.8 Å². The average molecular weight is 274 g/mol. The predicted molar refractivity (Wildman–Crippen MR) is 64.6 cm³/mol. The molecule has 0 aliphatic rings. The molecule has 0 atom stereocenters. The molecule has 0 unspecified atom stereocenters. The molecule has 0 bridgehead atoms. The number of halogens is 3. The van der Waals surface area contributed by atoms with E-state index in [1.54, 1.807) is 0 Å². The molecule has 0 saturated carbocycles. The Kier molecular flexibility index (Phi) is 3.31. The number of hydrogen-bond donors (Lipinski definition) is 2. The predicted octanol–water partition coefficient (Wildman–Crippen LogP) is 2.96. The van der Waals surface area contributed by atoms with Gasteiger partial charge in [0.1, 0.15) is 10.8 Å². The number of nitrogens with zero attached hydrogens (tertiary/aromatic N) is 1. The molecule has 7 heteroatoms. The van der Waals surface area contributed by atoms with Crippen molar-refractivity contribution >= 4 is 34.7 Å². The van der Waals surface area contributed by atoms with Crippen LogP contribution in [0.25, 0.3) is 0 Å². The van der Waals surface area contributed by atoms with Gasteiger partial charge in [-0.25, -0.2) is 9.37 Å². The lowest BCUT2D eigenvalue weighted by Gasteiger charge is -2.07. The van der Waals surface area contributed by atoms with Crippen molar-refractivity contribution in [3.05, 3.63) is 50.7 Å². The zero-order valence-electron chi connectivity index (χ0n) is 8.30. The van der Waals surface area contributed by atoms with Gasteiger partial charge in [0.15, 0.2) is 5.82 Å². The maximum Gasteiger partial charge on any atom is 0.271 e. The standard InChI is InChI=1S/C10H6Cl2FN3O/c11-5-1-2-7(6(13)3-5)16-9-8(12)10(17)15-4-14-9/h1-4H,(H2,14,15,16,17). The number of rotatable bonds is 2. The van der Waals surface area contributed by atoms with E-state index in [1.165, 1.54) is 18.5 Å². The Labute approximate surface area is 105 Å². The molecule has 1 aromatic carbocycles. The maximum absolute atomic E-state index is 13.5. The first-order valence-electron chi connectivity index (χ1n) is 4.53. The van der Waals surface area contributed by atoms with Gasteiger partial charge in [-0.2, -0.15) is 0 Å². The lowest BCUT2D eigenvalue weighted by Crippen LogP contribution is -2.10. The summed E-state index contributed by atoms with van der Waals surface area (Å²) in [7, 11) is 0. The third-order valence-corrected chi connectivity index (χ3v) is 2.57. The van der Waals surface area contributed by atoms with Crippen LogP contribution in [0, 0.1) is 5.82 Å². The number of H-pyrrole nitrogens is 1. The first kappa shape index (κ1) is 11.9. The third-order valence-electron chi connectivity index (χ3n) is 1.98. The van der Waals surface area contributed by atoms with E-state index in [-0.39, 0.29) is 21.6 Å². The SMILES string of the molecule is O=c1[nH]cnc(Nc2ccc(Cl)cc2F)c1Cl. The van der Waals surface area contributed by atoms with Crippen molar-refractivity contribution in [2.75, 3.05) is 5.32 Å². The summed E-state index contributed by atoms with van der Waals surface area (Å²) >= 11 is 11.3. The summed E-state index contributed by atoms with van der Waals surface area (Å²) in [6.45, 7) is 0. The largest absolute Gasteiger partial charge is 0.336 e. The first-order chi connectivity index (χ1) is 8.08. The zero-order chi connectivity index (χ0) is 12.4. The van der Waals surface area contributed by atoms with Crippen molar-refractivity contribution in [2.24, 2.45) is 0 Å². The Morgan fingerprint density at radius 3 is 2.82 bits per heavy atom. The number of aromatic amines is 1. The smallest absolute Gasteiger partial charge is 0.271 e. The van der Waals surface area contributed by atoms with Crippen molar-refractivity contribution < 1.29 is 4.39 Å². The van der Waals surface area contributed by atoms with Crippen LogP contribution in [0.2, 0.25) is 10.0 Å². The lowest BCUT2D eigenvalue weighted by molar-refractivity contribution is 0.632. The molecule has 4 nitrogen and oxygen atoms in total. The van der Waals surface area contributed by atoms with Gasteiger partial charge in [0.2, 0.25) is 0 Å². The monoisotopic (exact) mass is 273 g/mol. The molecule has 0 aliphatic carbocycles. The molecule has 0 saturated heterocycles. The van der Waals surface area contributed by atoms with Crippen molar-refractivity contribution in [3.63, 3.8) is 0 Å². The quantitative estimate of drug-likeness (QED) is 0.885. The summed E-state index contributed by atoms with van der Waals surface area (Å²) in [4.78, 5) is 17.3. The number of aromatic nitrogens is 2. The molecule has 88 valence electrons. The molecule has 0 fully saturated rings. The summed E-state index contributed by atoms with van der Waals surface area (Å²) < 4.78 is 13.5. The molecule has 1 heterocycles. The van der Waals surface area contributed by atoms with Gasteiger partial charge in [-0.05, 0) is 18.2 Å². The molecule has 0 radical (unpaired) electrons. The minimum absolute atomic E-state index is 0.0802. The van der Waals surface area contributed by atoms with E-state index in [1.807, 2.05) is 0 Å². The summed E-state index contributed by atoms with van der Waals surface area (Å²) in [6.07, 6.45) is 1.17. The van der Waals surface area contributed by atoms with E-state index in [0.29, 0.717) is 0 Å². The van der Waals surface area contributed by atoms with E-state index in [4.69, 9.17) is 23.2 Å². The highest BCUT2D eigenvalue weighted by atomic mass is 35.5. The Hall–Kier alpha value is -1.59. The second-order valence-electron chi connectivity index (χ2n) is 3.14. The van der Waals surface area contributed by atoms with Crippen LogP contribution in [0.3, 0.4) is 0 Å². The first-order valence-corrected chi connectivity index (χ1v) is 5.29. The summed E-state index contributed by atoms with van der Waals surface area (Å²) in [5.74, 6) is -0.479. The van der Waals surface area contributed by atoms with Crippen LogP contribution in [-0.4, -0.2) is 9.97 Å². The molecule has 17 heavy (non-hydrogen) atoms. The molecule has 2 rings (SSSR count). The van der Waals surface area contributed by atoms with Crippen LogP contribution in [0.1, 0.15) is 0 Å². The van der Waals surface area contributed by atoms with Gasteiger partial charge >= 0.3 is 0 Å². The minimum Gasteiger partial charge on any atom is -0.336 e. The van der Waals surface area contributed by atoms with Gasteiger partial charge in [-0.15, -0.1) is 0 Å². The van der Waals surface area contributed by atoms with E-state index in [0.717, 1.165) is 6.07 Å². The van der Waals surface area contributed by atoms with Gasteiger partial charge < -0.3 is 10.3 Å². The fourth-order valence-electron chi connectivity index (χ4n) is 1.19. The lowest BCUT2D eigenvalue weighted by atomic mass is 10.3. The highest BCUT2D eigenvalue weighted by Gasteiger charge is 2.09. The third kappa shape index (κ3) is 2.57. The molecule has 2 aromatic rings. The summed E-state index contributed by atoms with van der Waals surface area (Å²) in [5.41, 5.74) is -0.368. The van der Waals surface area contributed by atoms with Gasteiger partial charge in [-0.1, -0.05) is 23.2 Å². The molecular weight excluding hydrogens is 268 g/mol. The minimum atomic E-state index is -0.560. The van der Waals surface area contributed by atoms with Crippen LogP contribution in [0.5, 0.6) is 0 Å². The molecular formula is C10H6Cl2FN3O. The van der Waals surface area contributed by atoms with Crippen molar-refractivity contribution in [1.29, 1.82) is 0 Å². The Balaban J connectivity index is 2.38. The zero-order valence-corrected chi connectivity index (χ0v) is 9.81. The molecule has 0 aliphatic heterocycles. The van der Waals surface area contributed by atoms with Gasteiger partial charge in [-0.3, -0.25) is 4.79 Å². The van der Waals surface area contributed by atoms with Crippen molar-refractivity contribution in [1.82, 2.24) is 9.97 Å². The van der Waals surface area contributed by atoms with Gasteiger partial charge in [0, 0.05) is 5.02 Å². The normalized spacial score (nSPS) is 10.3. The summed E-state index contributed by atoms with van der Waals surface area (Å²) in [6, 6.07) is 4.08. The van der Waals surface area contributed by atoms with Crippen molar-refractivity contribution in [2.45, 2.75) is 0 Å². The molecule has 2 N–H and O–H groups in total. The highest BCUT2D eigenvalue weighted by molar-refractivity contribution is 6.32. The fraction of sp³-hybridized carbons (Fsp3) is 0. The number of hydrogen-bond acceptors (Lipinski definition) is 3. The number of anilines is 2. The van der Waals surface area contributed by atoms with E-state index < -0.39 is 11.4 Å². The van der Waals surface area contributed by atoms with E-state index in [2.05, 4.69) is 15.3 Å². The van der Waals surface area contributed by atoms with Crippen molar-refractivity contribution in [3.8, 4) is 0 Å². The van der Waals surface area contributed by atoms with Gasteiger partial charge in [0.05, 0.1) is 12.0 Å². The Morgan fingerprint density at radius 1 is 1.35 bits per heavy atom. The van der Waals surface area contributed by atoms with E-state index in [9.17, 15) is 9.18 Å². The maximum atomic E-state index is 13.5.